The summed E-state index contributed by atoms with van der Waals surface area (Å²) >= 11 is 0. The maximum absolute atomic E-state index is 13.4. The van der Waals surface area contributed by atoms with Gasteiger partial charge in [-0.05, 0) is 42.5 Å². The molecule has 2 aliphatic rings. The molecule has 0 aliphatic carbocycles. The average Bonchev–Trinajstić information content (AvgIpc) is 3.36. The minimum atomic E-state index is -0.450. The normalized spacial score (nSPS) is 21.1. The van der Waals surface area contributed by atoms with Gasteiger partial charge in [0.05, 0.1) is 23.1 Å². The van der Waals surface area contributed by atoms with E-state index < -0.39 is 6.04 Å². The monoisotopic (exact) mass is 389 g/mol. The molecule has 5 rings (SSSR count). The van der Waals surface area contributed by atoms with E-state index >= 15 is 0 Å². The quantitative estimate of drug-likeness (QED) is 0.675. The van der Waals surface area contributed by atoms with Gasteiger partial charge in [-0.25, -0.2) is 0 Å². The number of carbonyl (C=O) groups excluding carboxylic acids is 1. The first kappa shape index (κ1) is 18.1. The van der Waals surface area contributed by atoms with Gasteiger partial charge in [-0.1, -0.05) is 43.3 Å². The van der Waals surface area contributed by atoms with Crippen molar-refractivity contribution in [2.75, 3.05) is 13.2 Å². The number of nitrogens with zero attached hydrogens (tertiary/aromatic N) is 1. The first-order chi connectivity index (χ1) is 14.2. The first-order valence-electron chi connectivity index (χ1n) is 10.2. The molecule has 1 fully saturated rings. The summed E-state index contributed by atoms with van der Waals surface area (Å²) in [7, 11) is 0. The van der Waals surface area contributed by atoms with Crippen molar-refractivity contribution in [2.45, 2.75) is 38.3 Å². The fraction of sp³-hybridized carbons (Fsp3) is 0.333. The Bertz CT molecular complexity index is 1130. The van der Waals surface area contributed by atoms with Crippen molar-refractivity contribution in [2.24, 2.45) is 0 Å². The summed E-state index contributed by atoms with van der Waals surface area (Å²) in [6.45, 7) is 3.28. The highest BCUT2D eigenvalue weighted by atomic mass is 16.5. The summed E-state index contributed by atoms with van der Waals surface area (Å²) in [5, 5.41) is 0.508. The van der Waals surface area contributed by atoms with E-state index in [-0.39, 0.29) is 23.2 Å². The molecule has 0 bridgehead atoms. The Morgan fingerprint density at radius 1 is 1.07 bits per heavy atom. The number of hydrogen-bond donors (Lipinski definition) is 0. The van der Waals surface area contributed by atoms with E-state index in [9.17, 15) is 9.59 Å². The Balaban J connectivity index is 1.68. The molecular formula is C24H23NO4. The zero-order valence-electron chi connectivity index (χ0n) is 16.4. The molecule has 148 valence electrons. The average molecular weight is 389 g/mol. The van der Waals surface area contributed by atoms with Crippen molar-refractivity contribution in [3.05, 3.63) is 81.2 Å². The molecule has 0 N–H and O–H groups in total. The summed E-state index contributed by atoms with van der Waals surface area (Å²) < 4.78 is 11.7. The minimum absolute atomic E-state index is 0.00445. The molecule has 3 heterocycles. The Kier molecular flexibility index (Phi) is 4.47. The molecule has 0 radical (unpaired) electrons. The van der Waals surface area contributed by atoms with E-state index in [2.05, 4.69) is 19.1 Å². The van der Waals surface area contributed by atoms with Gasteiger partial charge in [0.2, 0.25) is 5.76 Å². The second-order valence-electron chi connectivity index (χ2n) is 7.76. The number of aryl methyl sites for hydroxylation is 1. The van der Waals surface area contributed by atoms with Crippen LogP contribution in [-0.4, -0.2) is 30.1 Å². The van der Waals surface area contributed by atoms with Gasteiger partial charge in [-0.15, -0.1) is 0 Å². The number of carbonyl (C=O) groups is 1. The first-order valence-corrected chi connectivity index (χ1v) is 10.2. The van der Waals surface area contributed by atoms with E-state index in [1.807, 2.05) is 24.3 Å². The van der Waals surface area contributed by atoms with Crippen molar-refractivity contribution >= 4 is 16.9 Å². The van der Waals surface area contributed by atoms with Gasteiger partial charge in [0.15, 0.2) is 5.43 Å². The second-order valence-corrected chi connectivity index (χ2v) is 7.76. The van der Waals surface area contributed by atoms with Gasteiger partial charge in [0, 0.05) is 13.2 Å². The summed E-state index contributed by atoms with van der Waals surface area (Å²) in [5.41, 5.74) is 2.90. The van der Waals surface area contributed by atoms with Crippen LogP contribution in [0.15, 0.2) is 57.7 Å². The lowest BCUT2D eigenvalue weighted by Crippen LogP contribution is -2.36. The van der Waals surface area contributed by atoms with E-state index in [0.29, 0.717) is 23.1 Å². The molecule has 1 saturated heterocycles. The second kappa shape index (κ2) is 7.16. The zero-order chi connectivity index (χ0) is 20.0. The molecule has 2 atom stereocenters. The van der Waals surface area contributed by atoms with Gasteiger partial charge >= 0.3 is 0 Å². The van der Waals surface area contributed by atoms with Gasteiger partial charge in [0.25, 0.3) is 5.91 Å². The van der Waals surface area contributed by atoms with Gasteiger partial charge in [0.1, 0.15) is 5.58 Å². The molecule has 2 aromatic carbocycles. The van der Waals surface area contributed by atoms with E-state index in [1.165, 1.54) is 5.56 Å². The summed E-state index contributed by atoms with van der Waals surface area (Å²) in [6.07, 6.45) is 2.85. The van der Waals surface area contributed by atoms with Crippen molar-refractivity contribution in [1.29, 1.82) is 0 Å². The van der Waals surface area contributed by atoms with Crippen LogP contribution < -0.4 is 5.43 Å². The van der Waals surface area contributed by atoms with E-state index in [4.69, 9.17) is 9.15 Å². The molecule has 2 aliphatic heterocycles. The van der Waals surface area contributed by atoms with Crippen LogP contribution in [0.4, 0.5) is 0 Å². The molecule has 1 amide bonds. The van der Waals surface area contributed by atoms with Crippen LogP contribution in [-0.2, 0) is 11.2 Å². The number of benzene rings is 2. The Morgan fingerprint density at radius 2 is 1.86 bits per heavy atom. The summed E-state index contributed by atoms with van der Waals surface area (Å²) in [5.74, 6) is -0.0702. The van der Waals surface area contributed by atoms with Crippen LogP contribution in [0, 0.1) is 0 Å². The number of ether oxygens (including phenoxy) is 1. The fourth-order valence-electron chi connectivity index (χ4n) is 4.45. The van der Waals surface area contributed by atoms with Crippen molar-refractivity contribution in [3.63, 3.8) is 0 Å². The van der Waals surface area contributed by atoms with Gasteiger partial charge < -0.3 is 14.1 Å². The molecule has 1 aromatic heterocycles. The van der Waals surface area contributed by atoms with Crippen LogP contribution >= 0.6 is 0 Å². The molecule has 0 spiro atoms. The molecule has 5 heteroatoms. The minimum Gasteiger partial charge on any atom is -0.450 e. The third kappa shape index (κ3) is 2.97. The fourth-order valence-corrected chi connectivity index (χ4v) is 4.45. The standard InChI is InChI=1S/C24H23NO4/c1-2-15-9-11-16(12-10-15)21-20-22(26)18-7-3-4-8-19(18)29-23(20)24(27)25(21)14-17-6-5-13-28-17/h3-4,7-12,17,21H,2,5-6,13-14H2,1H3/t17-,21-/m0/s1. The predicted octanol–water partition coefficient (Wildman–Crippen LogP) is 4.08. The van der Waals surface area contributed by atoms with Gasteiger partial charge in [-0.3, -0.25) is 9.59 Å². The van der Waals surface area contributed by atoms with Crippen LogP contribution in [0.2, 0.25) is 0 Å². The Morgan fingerprint density at radius 3 is 2.59 bits per heavy atom. The number of para-hydroxylation sites is 1. The van der Waals surface area contributed by atoms with Crippen molar-refractivity contribution < 1.29 is 13.9 Å². The third-order valence-corrected chi connectivity index (χ3v) is 6.00. The predicted molar refractivity (Wildman–Crippen MR) is 110 cm³/mol. The van der Waals surface area contributed by atoms with Gasteiger partial charge in [-0.2, -0.15) is 0 Å². The SMILES string of the molecule is CCc1ccc([C@H]2c3c(oc4ccccc4c3=O)C(=O)N2C[C@@H]2CCCO2)cc1. The third-order valence-electron chi connectivity index (χ3n) is 6.00. The highest BCUT2D eigenvalue weighted by Gasteiger charge is 2.43. The molecular weight excluding hydrogens is 366 g/mol. The summed E-state index contributed by atoms with van der Waals surface area (Å²) in [6, 6.07) is 14.8. The molecule has 5 nitrogen and oxygen atoms in total. The summed E-state index contributed by atoms with van der Waals surface area (Å²) in [4.78, 5) is 28.5. The smallest absolute Gasteiger partial charge is 0.291 e. The van der Waals surface area contributed by atoms with Crippen LogP contribution in [0.25, 0.3) is 11.0 Å². The van der Waals surface area contributed by atoms with Crippen LogP contribution in [0.3, 0.4) is 0 Å². The lowest BCUT2D eigenvalue weighted by atomic mass is 9.97. The lowest BCUT2D eigenvalue weighted by molar-refractivity contribution is 0.0486. The maximum atomic E-state index is 13.4. The number of rotatable bonds is 4. The highest BCUT2D eigenvalue weighted by molar-refractivity contribution is 5.99. The van der Waals surface area contributed by atoms with E-state index in [1.54, 1.807) is 17.0 Å². The topological polar surface area (TPSA) is 59.8 Å². The van der Waals surface area contributed by atoms with E-state index in [0.717, 1.165) is 31.4 Å². The number of hydrogen-bond acceptors (Lipinski definition) is 4. The zero-order valence-corrected chi connectivity index (χ0v) is 16.4. The van der Waals surface area contributed by atoms with Crippen molar-refractivity contribution in [3.8, 4) is 0 Å². The molecule has 29 heavy (non-hydrogen) atoms. The lowest BCUT2D eigenvalue weighted by Gasteiger charge is -2.27. The van der Waals surface area contributed by atoms with Crippen LogP contribution in [0.5, 0.6) is 0 Å². The highest BCUT2D eigenvalue weighted by Crippen LogP contribution is 2.39. The van der Waals surface area contributed by atoms with Crippen molar-refractivity contribution in [1.82, 2.24) is 4.90 Å². The number of amides is 1. The maximum Gasteiger partial charge on any atom is 0.291 e. The Labute approximate surface area is 168 Å². The number of fused-ring (bicyclic) bond motifs is 2. The molecule has 3 aromatic rings. The van der Waals surface area contributed by atoms with Crippen LogP contribution in [0.1, 0.15) is 53.1 Å². The largest absolute Gasteiger partial charge is 0.450 e. The molecule has 0 unspecified atom stereocenters. The molecule has 0 saturated carbocycles. The Hall–Kier alpha value is -2.92.